The number of aromatic nitrogens is 1. The third-order valence-corrected chi connectivity index (χ3v) is 4.02. The van der Waals surface area contributed by atoms with Crippen LogP contribution in [0, 0.1) is 11.7 Å². The number of fused-ring (bicyclic) bond motifs is 3. The molecule has 0 aliphatic heterocycles. The number of nitrogens with one attached hydrogen (secondary N) is 2. The smallest absolute Gasteiger partial charge is 0.223 e. The van der Waals surface area contributed by atoms with Crippen molar-refractivity contribution < 1.29 is 9.18 Å². The SMILES string of the molecule is CC(C)(C)NC(=O)C1CCc2[nH]c3ccc(F)cc3c2C1. The van der Waals surface area contributed by atoms with Crippen molar-refractivity contribution in [1.29, 1.82) is 0 Å². The number of halogens is 1. The van der Waals surface area contributed by atoms with Crippen molar-refractivity contribution in [1.82, 2.24) is 10.3 Å². The molecule has 1 aromatic carbocycles. The number of rotatable bonds is 1. The summed E-state index contributed by atoms with van der Waals surface area (Å²) in [5.41, 5.74) is 2.99. The quantitative estimate of drug-likeness (QED) is 0.830. The molecule has 0 saturated heterocycles. The highest BCUT2D eigenvalue weighted by molar-refractivity contribution is 5.87. The van der Waals surface area contributed by atoms with Gasteiger partial charge in [-0.1, -0.05) is 0 Å². The minimum atomic E-state index is -0.231. The summed E-state index contributed by atoms with van der Waals surface area (Å²) in [5, 5.41) is 3.96. The first-order chi connectivity index (χ1) is 9.83. The van der Waals surface area contributed by atoms with Gasteiger partial charge in [0.15, 0.2) is 0 Å². The second kappa shape index (κ2) is 4.86. The monoisotopic (exact) mass is 288 g/mol. The molecule has 3 rings (SSSR count). The molecule has 1 aromatic heterocycles. The van der Waals surface area contributed by atoms with E-state index in [1.165, 1.54) is 6.07 Å². The number of aromatic amines is 1. The third-order valence-electron chi connectivity index (χ3n) is 4.02. The first kappa shape index (κ1) is 14.1. The van der Waals surface area contributed by atoms with Gasteiger partial charge in [0.05, 0.1) is 0 Å². The molecule has 1 amide bonds. The van der Waals surface area contributed by atoms with Crippen LogP contribution in [0.4, 0.5) is 4.39 Å². The molecule has 0 spiro atoms. The van der Waals surface area contributed by atoms with Crippen LogP contribution in [0.3, 0.4) is 0 Å². The maximum Gasteiger partial charge on any atom is 0.223 e. The lowest BCUT2D eigenvalue weighted by molar-refractivity contribution is -0.126. The van der Waals surface area contributed by atoms with E-state index in [1.54, 1.807) is 12.1 Å². The van der Waals surface area contributed by atoms with Gasteiger partial charge >= 0.3 is 0 Å². The average Bonchev–Trinajstić information content (AvgIpc) is 2.74. The van der Waals surface area contributed by atoms with Gasteiger partial charge in [-0.25, -0.2) is 4.39 Å². The number of carbonyl (C=O) groups is 1. The van der Waals surface area contributed by atoms with Crippen LogP contribution >= 0.6 is 0 Å². The van der Waals surface area contributed by atoms with Crippen LogP contribution in [-0.4, -0.2) is 16.4 Å². The van der Waals surface area contributed by atoms with Gasteiger partial charge in [-0.2, -0.15) is 0 Å². The number of aryl methyl sites for hydroxylation is 1. The summed E-state index contributed by atoms with van der Waals surface area (Å²) in [6.45, 7) is 5.96. The minimum Gasteiger partial charge on any atom is -0.358 e. The van der Waals surface area contributed by atoms with Gasteiger partial charge in [0.2, 0.25) is 5.91 Å². The fourth-order valence-electron chi connectivity index (χ4n) is 3.08. The third kappa shape index (κ3) is 2.80. The van der Waals surface area contributed by atoms with Gasteiger partial charge in [0, 0.05) is 28.1 Å². The lowest BCUT2D eigenvalue weighted by atomic mass is 9.85. The molecule has 0 radical (unpaired) electrons. The zero-order chi connectivity index (χ0) is 15.2. The predicted octanol–water partition coefficient (Wildman–Crippen LogP) is 3.33. The largest absolute Gasteiger partial charge is 0.358 e. The maximum absolute atomic E-state index is 13.5. The van der Waals surface area contributed by atoms with Crippen molar-refractivity contribution in [3.8, 4) is 0 Å². The van der Waals surface area contributed by atoms with Crippen molar-refractivity contribution in [3.05, 3.63) is 35.3 Å². The molecule has 0 saturated carbocycles. The van der Waals surface area contributed by atoms with E-state index in [0.29, 0.717) is 6.42 Å². The van der Waals surface area contributed by atoms with E-state index >= 15 is 0 Å². The first-order valence-corrected chi connectivity index (χ1v) is 7.44. The fourth-order valence-corrected chi connectivity index (χ4v) is 3.08. The Morgan fingerprint density at radius 3 is 2.86 bits per heavy atom. The van der Waals surface area contributed by atoms with E-state index in [9.17, 15) is 9.18 Å². The Labute approximate surface area is 123 Å². The van der Waals surface area contributed by atoms with E-state index in [2.05, 4.69) is 10.3 Å². The first-order valence-electron chi connectivity index (χ1n) is 7.44. The molecule has 1 aliphatic carbocycles. The minimum absolute atomic E-state index is 0.0287. The van der Waals surface area contributed by atoms with Gasteiger partial charge < -0.3 is 10.3 Å². The second-order valence-corrected chi connectivity index (χ2v) is 6.95. The lowest BCUT2D eigenvalue weighted by Gasteiger charge is -2.27. The standard InChI is InChI=1S/C17H21FN2O/c1-17(2,3)20-16(21)10-4-6-14-12(8-10)13-9-11(18)5-7-15(13)19-14/h5,7,9-10,19H,4,6,8H2,1-3H3,(H,20,21). The summed E-state index contributed by atoms with van der Waals surface area (Å²) >= 11 is 0. The molecule has 0 fully saturated rings. The van der Waals surface area contributed by atoms with E-state index in [1.807, 2.05) is 20.8 Å². The predicted molar refractivity (Wildman–Crippen MR) is 81.7 cm³/mol. The Hall–Kier alpha value is -1.84. The number of amides is 1. The zero-order valence-electron chi connectivity index (χ0n) is 12.7. The second-order valence-electron chi connectivity index (χ2n) is 6.95. The average molecular weight is 288 g/mol. The van der Waals surface area contributed by atoms with Crippen molar-refractivity contribution in [3.63, 3.8) is 0 Å². The summed E-state index contributed by atoms with van der Waals surface area (Å²) in [6.07, 6.45) is 2.36. The van der Waals surface area contributed by atoms with Crippen LogP contribution in [0.5, 0.6) is 0 Å². The Morgan fingerprint density at radius 1 is 1.38 bits per heavy atom. The fraction of sp³-hybridized carbons (Fsp3) is 0.471. The highest BCUT2D eigenvalue weighted by atomic mass is 19.1. The number of H-pyrrole nitrogens is 1. The molecule has 21 heavy (non-hydrogen) atoms. The number of carbonyl (C=O) groups excluding carboxylic acids is 1. The van der Waals surface area contributed by atoms with Crippen molar-refractivity contribution in [2.45, 2.75) is 45.6 Å². The van der Waals surface area contributed by atoms with Crippen LogP contribution in [0.15, 0.2) is 18.2 Å². The van der Waals surface area contributed by atoms with E-state index in [4.69, 9.17) is 0 Å². The molecule has 1 aliphatic rings. The van der Waals surface area contributed by atoms with E-state index in [-0.39, 0.29) is 23.2 Å². The van der Waals surface area contributed by atoms with Crippen LogP contribution in [0.2, 0.25) is 0 Å². The molecule has 2 aromatic rings. The number of hydrogen-bond acceptors (Lipinski definition) is 1. The molecule has 0 bridgehead atoms. The summed E-state index contributed by atoms with van der Waals surface area (Å²) in [5.74, 6) is -0.163. The molecule has 3 nitrogen and oxygen atoms in total. The van der Waals surface area contributed by atoms with Crippen molar-refractivity contribution in [2.24, 2.45) is 5.92 Å². The highest BCUT2D eigenvalue weighted by Crippen LogP contribution is 2.32. The molecular formula is C17H21FN2O. The van der Waals surface area contributed by atoms with Crippen LogP contribution < -0.4 is 5.32 Å². The van der Waals surface area contributed by atoms with Crippen molar-refractivity contribution >= 4 is 16.8 Å². The van der Waals surface area contributed by atoms with Crippen LogP contribution in [-0.2, 0) is 17.6 Å². The van der Waals surface area contributed by atoms with Gasteiger partial charge in [0.1, 0.15) is 5.82 Å². The molecule has 4 heteroatoms. The Morgan fingerprint density at radius 2 is 2.14 bits per heavy atom. The topological polar surface area (TPSA) is 44.9 Å². The molecular weight excluding hydrogens is 267 g/mol. The molecule has 112 valence electrons. The van der Waals surface area contributed by atoms with E-state index in [0.717, 1.165) is 35.0 Å². The van der Waals surface area contributed by atoms with Gasteiger partial charge in [0.25, 0.3) is 0 Å². The van der Waals surface area contributed by atoms with Gasteiger partial charge in [-0.3, -0.25) is 4.79 Å². The maximum atomic E-state index is 13.5. The molecule has 2 N–H and O–H groups in total. The summed E-state index contributed by atoms with van der Waals surface area (Å²) in [6, 6.07) is 4.80. The van der Waals surface area contributed by atoms with Crippen LogP contribution in [0.25, 0.3) is 10.9 Å². The molecule has 1 heterocycles. The van der Waals surface area contributed by atoms with Crippen molar-refractivity contribution in [2.75, 3.05) is 0 Å². The summed E-state index contributed by atoms with van der Waals surface area (Å²) < 4.78 is 13.5. The Bertz CT molecular complexity index is 697. The lowest BCUT2D eigenvalue weighted by Crippen LogP contribution is -2.45. The number of hydrogen-bond donors (Lipinski definition) is 2. The molecule has 1 atom stereocenters. The van der Waals surface area contributed by atoms with Gasteiger partial charge in [-0.05, 0) is 63.8 Å². The van der Waals surface area contributed by atoms with E-state index < -0.39 is 0 Å². The van der Waals surface area contributed by atoms with Gasteiger partial charge in [-0.15, -0.1) is 0 Å². The zero-order valence-corrected chi connectivity index (χ0v) is 12.7. The summed E-state index contributed by atoms with van der Waals surface area (Å²) in [4.78, 5) is 15.7. The number of benzene rings is 1. The summed E-state index contributed by atoms with van der Waals surface area (Å²) in [7, 11) is 0. The Balaban J connectivity index is 1.89. The van der Waals surface area contributed by atoms with Crippen LogP contribution in [0.1, 0.15) is 38.4 Å². The Kier molecular flexibility index (Phi) is 3.27. The molecule has 1 unspecified atom stereocenters. The highest BCUT2D eigenvalue weighted by Gasteiger charge is 2.29. The normalized spacial score (nSPS) is 18.6.